The van der Waals surface area contributed by atoms with Crippen molar-refractivity contribution in [1.29, 1.82) is 0 Å². The number of aromatic nitrogens is 3. The van der Waals surface area contributed by atoms with E-state index in [9.17, 15) is 0 Å². The summed E-state index contributed by atoms with van der Waals surface area (Å²) >= 11 is 4.54. The summed E-state index contributed by atoms with van der Waals surface area (Å²) < 4.78 is 1.92. The molecule has 0 bridgehead atoms. The molecule has 1 atom stereocenters. The molecule has 0 saturated heterocycles. The lowest BCUT2D eigenvalue weighted by atomic mass is 10.0. The Labute approximate surface area is 100 Å². The first kappa shape index (κ1) is 11.4. The lowest BCUT2D eigenvalue weighted by Gasteiger charge is -2.14. The molecule has 6 heteroatoms. The van der Waals surface area contributed by atoms with Gasteiger partial charge in [-0.15, -0.1) is 10.2 Å². The highest BCUT2D eigenvalue weighted by molar-refractivity contribution is 7.81. The Morgan fingerprint density at radius 2 is 2.12 bits per heavy atom. The van der Waals surface area contributed by atoms with Gasteiger partial charge in [-0.3, -0.25) is 0 Å². The van der Waals surface area contributed by atoms with Crippen molar-refractivity contribution in [3.8, 4) is 0 Å². The molecule has 0 aromatic carbocycles. The van der Waals surface area contributed by atoms with Gasteiger partial charge < -0.3 is 9.40 Å². The molecule has 1 unspecified atom stereocenters. The van der Waals surface area contributed by atoms with Gasteiger partial charge in [0.15, 0.2) is 5.82 Å². The molecule has 1 aliphatic heterocycles. The normalized spacial score (nSPS) is 20.4. The van der Waals surface area contributed by atoms with Gasteiger partial charge in [-0.2, -0.15) is 12.6 Å². The van der Waals surface area contributed by atoms with Gasteiger partial charge in [0.05, 0.1) is 5.71 Å². The first-order chi connectivity index (χ1) is 7.41. The van der Waals surface area contributed by atoms with Crippen molar-refractivity contribution in [3.63, 3.8) is 0 Å². The number of hydrogen-bond acceptors (Lipinski definition) is 5. The third-order valence-electron chi connectivity index (χ3n) is 2.70. The first-order valence-corrected chi connectivity index (χ1v) is 5.71. The fourth-order valence-electron chi connectivity index (χ4n) is 1.64. The van der Waals surface area contributed by atoms with Crippen LogP contribution in [0, 0.1) is 6.92 Å². The van der Waals surface area contributed by atoms with Gasteiger partial charge in [-0.1, -0.05) is 5.16 Å². The zero-order valence-corrected chi connectivity index (χ0v) is 10.8. The summed E-state index contributed by atoms with van der Waals surface area (Å²) in [6.07, 6.45) is 0.771. The van der Waals surface area contributed by atoms with Gasteiger partial charge in [0, 0.05) is 13.5 Å². The van der Waals surface area contributed by atoms with Crippen molar-refractivity contribution in [2.24, 2.45) is 12.2 Å². The van der Waals surface area contributed by atoms with Gasteiger partial charge in [0.1, 0.15) is 16.7 Å². The Balaban J connectivity index is 2.21. The monoisotopic (exact) mass is 240 g/mol. The highest BCUT2D eigenvalue weighted by Gasteiger charge is 2.34. The Hall–Kier alpha value is -1.04. The summed E-state index contributed by atoms with van der Waals surface area (Å²) in [5, 5.41) is 12.0. The molecule has 0 spiro atoms. The Morgan fingerprint density at radius 1 is 1.44 bits per heavy atom. The topological polar surface area (TPSA) is 52.3 Å². The van der Waals surface area contributed by atoms with Crippen LogP contribution in [-0.4, -0.2) is 26.1 Å². The Morgan fingerprint density at radius 3 is 2.56 bits per heavy atom. The summed E-state index contributed by atoms with van der Waals surface area (Å²) in [5.74, 6) is 1.67. The van der Waals surface area contributed by atoms with E-state index >= 15 is 0 Å². The molecule has 88 valence electrons. The number of nitrogens with zero attached hydrogens (tertiary/aromatic N) is 4. The maximum Gasteiger partial charge on any atom is 0.151 e. The van der Waals surface area contributed by atoms with Crippen molar-refractivity contribution in [2.45, 2.75) is 38.0 Å². The van der Waals surface area contributed by atoms with Gasteiger partial charge in [-0.05, 0) is 20.8 Å². The van der Waals surface area contributed by atoms with E-state index in [1.807, 2.05) is 32.4 Å². The molecule has 1 aliphatic rings. The van der Waals surface area contributed by atoms with Crippen LogP contribution >= 0.6 is 12.6 Å². The molecule has 0 aliphatic carbocycles. The number of rotatable bonds is 2. The molecule has 1 aromatic heterocycles. The average Bonchev–Trinajstić information content (AvgIpc) is 2.71. The number of thiol groups is 1. The van der Waals surface area contributed by atoms with Gasteiger partial charge in [-0.25, -0.2) is 0 Å². The van der Waals surface area contributed by atoms with Crippen molar-refractivity contribution in [1.82, 2.24) is 14.8 Å². The molecule has 0 fully saturated rings. The van der Waals surface area contributed by atoms with Crippen LogP contribution in [0.1, 0.15) is 37.2 Å². The maximum atomic E-state index is 5.32. The largest absolute Gasteiger partial charge is 0.389 e. The second-order valence-corrected chi connectivity index (χ2v) is 5.19. The van der Waals surface area contributed by atoms with Crippen LogP contribution in [0.2, 0.25) is 0 Å². The van der Waals surface area contributed by atoms with Crippen molar-refractivity contribution in [3.05, 3.63) is 11.6 Å². The molecule has 2 rings (SSSR count). The van der Waals surface area contributed by atoms with Crippen LogP contribution in [0.4, 0.5) is 0 Å². The molecule has 0 radical (unpaired) electrons. The van der Waals surface area contributed by atoms with E-state index in [0.29, 0.717) is 0 Å². The summed E-state index contributed by atoms with van der Waals surface area (Å²) in [6.45, 7) is 5.92. The lowest BCUT2D eigenvalue weighted by Crippen LogP contribution is -2.21. The SMILES string of the molecule is Cc1nnc(C(S)C2=NOC(C)(C)C2)n1C. The molecule has 1 aromatic rings. The van der Waals surface area contributed by atoms with Crippen LogP contribution in [0.3, 0.4) is 0 Å². The Bertz CT molecular complexity index is 438. The first-order valence-electron chi connectivity index (χ1n) is 5.19. The minimum atomic E-state index is -0.232. The molecular formula is C10H16N4OS. The number of oxime groups is 1. The van der Waals surface area contributed by atoms with E-state index < -0.39 is 0 Å². The van der Waals surface area contributed by atoms with Crippen molar-refractivity contribution < 1.29 is 4.84 Å². The fraction of sp³-hybridized carbons (Fsp3) is 0.700. The molecule has 16 heavy (non-hydrogen) atoms. The number of aryl methyl sites for hydroxylation is 1. The van der Waals surface area contributed by atoms with Crippen LogP contribution in [-0.2, 0) is 11.9 Å². The minimum absolute atomic E-state index is 0.145. The zero-order chi connectivity index (χ0) is 11.9. The third-order valence-corrected chi connectivity index (χ3v) is 3.23. The molecule has 2 heterocycles. The van der Waals surface area contributed by atoms with Crippen LogP contribution in [0.25, 0.3) is 0 Å². The molecule has 0 amide bonds. The zero-order valence-electron chi connectivity index (χ0n) is 9.93. The van der Waals surface area contributed by atoms with E-state index in [2.05, 4.69) is 28.0 Å². The Kier molecular flexibility index (Phi) is 2.69. The summed E-state index contributed by atoms with van der Waals surface area (Å²) in [7, 11) is 1.93. The predicted octanol–water partition coefficient (Wildman–Crippen LogP) is 1.65. The minimum Gasteiger partial charge on any atom is -0.389 e. The highest BCUT2D eigenvalue weighted by Crippen LogP contribution is 2.31. The molecule has 0 N–H and O–H groups in total. The van der Waals surface area contributed by atoms with Crippen LogP contribution in [0.15, 0.2) is 5.16 Å². The summed E-state index contributed by atoms with van der Waals surface area (Å²) in [4.78, 5) is 5.32. The molecular weight excluding hydrogens is 224 g/mol. The van der Waals surface area contributed by atoms with E-state index in [1.165, 1.54) is 0 Å². The van der Waals surface area contributed by atoms with Crippen LogP contribution in [0.5, 0.6) is 0 Å². The predicted molar refractivity (Wildman–Crippen MR) is 64.7 cm³/mol. The second-order valence-electron chi connectivity index (χ2n) is 4.68. The lowest BCUT2D eigenvalue weighted by molar-refractivity contribution is 0.0123. The van der Waals surface area contributed by atoms with Crippen molar-refractivity contribution >= 4 is 18.3 Å². The standard InChI is InChI=1S/C10H16N4OS/c1-6-11-12-9(14(6)4)8(16)7-5-10(2,3)15-13-7/h8,16H,5H2,1-4H3. The third kappa shape index (κ3) is 1.93. The smallest absolute Gasteiger partial charge is 0.151 e. The maximum absolute atomic E-state index is 5.32. The van der Waals surface area contributed by atoms with Crippen LogP contribution < -0.4 is 0 Å². The summed E-state index contributed by atoms with van der Waals surface area (Å²) in [6, 6.07) is 0. The van der Waals surface area contributed by atoms with Gasteiger partial charge >= 0.3 is 0 Å². The highest BCUT2D eigenvalue weighted by atomic mass is 32.1. The molecule has 0 saturated carbocycles. The van der Waals surface area contributed by atoms with E-state index in [4.69, 9.17) is 4.84 Å². The second kappa shape index (κ2) is 3.76. The average molecular weight is 240 g/mol. The fourth-order valence-corrected chi connectivity index (χ4v) is 2.00. The number of hydrogen-bond donors (Lipinski definition) is 1. The van der Waals surface area contributed by atoms with Gasteiger partial charge in [0.2, 0.25) is 0 Å². The quantitative estimate of drug-likeness (QED) is 0.800. The van der Waals surface area contributed by atoms with E-state index in [0.717, 1.165) is 23.8 Å². The van der Waals surface area contributed by atoms with Crippen molar-refractivity contribution in [2.75, 3.05) is 0 Å². The van der Waals surface area contributed by atoms with E-state index in [-0.39, 0.29) is 10.9 Å². The van der Waals surface area contributed by atoms with E-state index in [1.54, 1.807) is 0 Å². The summed E-state index contributed by atoms with van der Waals surface area (Å²) in [5.41, 5.74) is 0.674. The molecule has 5 nitrogen and oxygen atoms in total. The van der Waals surface area contributed by atoms with Gasteiger partial charge in [0.25, 0.3) is 0 Å².